The van der Waals surface area contributed by atoms with Gasteiger partial charge in [-0.05, 0) is 62.1 Å². The number of halogens is 2. The first-order valence-corrected chi connectivity index (χ1v) is 13.7. The summed E-state index contributed by atoms with van der Waals surface area (Å²) in [7, 11) is -3.82. The third kappa shape index (κ3) is 6.01. The summed E-state index contributed by atoms with van der Waals surface area (Å²) in [6.45, 7) is 6.01. The zero-order valence-electron chi connectivity index (χ0n) is 20.3. The van der Waals surface area contributed by atoms with E-state index in [9.17, 15) is 8.42 Å². The van der Waals surface area contributed by atoms with Crippen molar-refractivity contribution in [1.82, 2.24) is 4.98 Å². The fourth-order valence-electron chi connectivity index (χ4n) is 3.88. The fraction of sp³-hybridized carbons (Fsp3) is 0.250. The van der Waals surface area contributed by atoms with E-state index in [1.54, 1.807) is 30.3 Å². The summed E-state index contributed by atoms with van der Waals surface area (Å²) in [4.78, 5) is 4.75. The largest absolute Gasteiger partial charge is 0.487 e. The highest BCUT2D eigenvalue weighted by atomic mass is 35.5. The molecule has 0 aliphatic heterocycles. The molecule has 0 bridgehead atoms. The van der Waals surface area contributed by atoms with Gasteiger partial charge in [-0.1, -0.05) is 72.1 Å². The van der Waals surface area contributed by atoms with Crippen molar-refractivity contribution < 1.29 is 17.3 Å². The van der Waals surface area contributed by atoms with E-state index in [-0.39, 0.29) is 24.0 Å². The first kappa shape index (κ1) is 26.4. The highest BCUT2D eigenvalue weighted by Crippen LogP contribution is 2.35. The number of fused-ring (bicyclic) bond motifs is 1. The summed E-state index contributed by atoms with van der Waals surface area (Å²) < 4.78 is 36.3. The molecule has 8 heteroatoms. The Hall–Kier alpha value is -2.64. The van der Waals surface area contributed by atoms with Crippen molar-refractivity contribution in [3.05, 3.63) is 99.2 Å². The van der Waals surface area contributed by atoms with Crippen LogP contribution in [0.5, 0.6) is 5.75 Å². The van der Waals surface area contributed by atoms with Crippen molar-refractivity contribution in [3.8, 4) is 5.75 Å². The predicted molar refractivity (Wildman–Crippen MR) is 145 cm³/mol. The third-order valence-corrected chi connectivity index (χ3v) is 8.17. The van der Waals surface area contributed by atoms with Gasteiger partial charge in [-0.3, -0.25) is 4.18 Å². The number of rotatable bonds is 9. The number of nitrogens with zero attached hydrogens (tertiary/aromatic N) is 1. The summed E-state index contributed by atoms with van der Waals surface area (Å²) in [6, 6.07) is 20.0. The molecular formula is C28H27Cl2NO4S. The Kier molecular flexibility index (Phi) is 8.20. The molecule has 0 aliphatic carbocycles. The van der Waals surface area contributed by atoms with Crippen LogP contribution in [-0.4, -0.2) is 20.0 Å². The van der Waals surface area contributed by atoms with Gasteiger partial charge in [-0.2, -0.15) is 8.42 Å². The zero-order chi connectivity index (χ0) is 25.9. The van der Waals surface area contributed by atoms with E-state index in [1.807, 2.05) is 57.2 Å². The van der Waals surface area contributed by atoms with Gasteiger partial charge in [0.25, 0.3) is 10.1 Å². The summed E-state index contributed by atoms with van der Waals surface area (Å²) >= 11 is 13.2. The summed E-state index contributed by atoms with van der Waals surface area (Å²) in [5.41, 5.74) is 4.17. The maximum Gasteiger partial charge on any atom is 0.296 e. The normalized spacial score (nSPS) is 12.6. The van der Waals surface area contributed by atoms with E-state index in [0.29, 0.717) is 27.8 Å². The van der Waals surface area contributed by atoms with Crippen molar-refractivity contribution in [2.45, 2.75) is 44.6 Å². The van der Waals surface area contributed by atoms with Crippen LogP contribution in [0.1, 0.15) is 41.6 Å². The quantitative estimate of drug-likeness (QED) is 0.203. The minimum Gasteiger partial charge on any atom is -0.487 e. The number of aromatic nitrogens is 1. The zero-order valence-corrected chi connectivity index (χ0v) is 22.6. The third-order valence-electron chi connectivity index (χ3n) is 6.04. The second-order valence-electron chi connectivity index (χ2n) is 8.78. The standard InChI is InChI=1S/C28H27Cl2NO4S/c1-18-7-11-22(12-8-18)36(32,33)35-16-15-19(2)23-13-14-25(29)24(27(23)30)17-34-26-6-4-5-21-10-9-20(3)31-28(21)26/h4-14,19H,15-17H2,1-3H3. The van der Waals surface area contributed by atoms with E-state index in [1.165, 1.54) is 0 Å². The Morgan fingerprint density at radius 2 is 1.69 bits per heavy atom. The lowest BCUT2D eigenvalue weighted by Gasteiger charge is -2.18. The van der Waals surface area contributed by atoms with Gasteiger partial charge in [0.2, 0.25) is 0 Å². The Labute approximate surface area is 222 Å². The average molecular weight is 545 g/mol. The lowest BCUT2D eigenvalue weighted by atomic mass is 9.96. The van der Waals surface area contributed by atoms with Crippen molar-refractivity contribution in [1.29, 1.82) is 0 Å². The van der Waals surface area contributed by atoms with Crippen molar-refractivity contribution in [2.24, 2.45) is 0 Å². The highest BCUT2D eigenvalue weighted by Gasteiger charge is 2.19. The van der Waals surface area contributed by atoms with Crippen molar-refractivity contribution in [3.63, 3.8) is 0 Å². The van der Waals surface area contributed by atoms with Gasteiger partial charge in [0.15, 0.2) is 0 Å². The average Bonchev–Trinajstić information content (AvgIpc) is 2.84. The van der Waals surface area contributed by atoms with Crippen LogP contribution < -0.4 is 4.74 Å². The number of hydrogen-bond acceptors (Lipinski definition) is 5. The number of aryl methyl sites for hydroxylation is 2. The monoisotopic (exact) mass is 543 g/mol. The minimum atomic E-state index is -3.82. The first-order chi connectivity index (χ1) is 17.2. The Bertz CT molecular complexity index is 1490. The van der Waals surface area contributed by atoms with E-state index in [2.05, 4.69) is 4.98 Å². The molecule has 1 unspecified atom stereocenters. The maximum absolute atomic E-state index is 12.5. The molecule has 5 nitrogen and oxygen atoms in total. The topological polar surface area (TPSA) is 65.5 Å². The van der Waals surface area contributed by atoms with Crippen LogP contribution in [0.25, 0.3) is 10.9 Å². The van der Waals surface area contributed by atoms with Crippen LogP contribution in [0.2, 0.25) is 10.0 Å². The molecule has 4 aromatic rings. The molecule has 4 rings (SSSR count). The van der Waals surface area contributed by atoms with Crippen molar-refractivity contribution >= 4 is 44.2 Å². The number of pyridine rings is 1. The molecule has 1 aromatic heterocycles. The molecule has 0 N–H and O–H groups in total. The highest BCUT2D eigenvalue weighted by molar-refractivity contribution is 7.86. The van der Waals surface area contributed by atoms with Crippen LogP contribution in [0.3, 0.4) is 0 Å². The number of hydrogen-bond donors (Lipinski definition) is 0. The molecule has 0 fully saturated rings. The van der Waals surface area contributed by atoms with Crippen LogP contribution in [0, 0.1) is 13.8 Å². The van der Waals surface area contributed by atoms with Crippen LogP contribution in [0.4, 0.5) is 0 Å². The van der Waals surface area contributed by atoms with Gasteiger partial charge in [0.1, 0.15) is 17.9 Å². The smallest absolute Gasteiger partial charge is 0.296 e. The molecule has 0 saturated heterocycles. The minimum absolute atomic E-state index is 0.0309. The number of para-hydroxylation sites is 1. The Balaban J connectivity index is 1.45. The van der Waals surface area contributed by atoms with Crippen LogP contribution >= 0.6 is 23.2 Å². The summed E-state index contributed by atoms with van der Waals surface area (Å²) in [6.07, 6.45) is 0.458. The number of benzene rings is 3. The maximum atomic E-state index is 12.5. The second kappa shape index (κ2) is 11.2. The van der Waals surface area contributed by atoms with E-state index in [4.69, 9.17) is 32.1 Å². The van der Waals surface area contributed by atoms with E-state index >= 15 is 0 Å². The van der Waals surface area contributed by atoms with Gasteiger partial charge < -0.3 is 4.74 Å². The van der Waals surface area contributed by atoms with Gasteiger partial charge in [-0.25, -0.2) is 4.98 Å². The molecule has 0 aliphatic rings. The molecule has 1 atom stereocenters. The molecule has 188 valence electrons. The van der Waals surface area contributed by atoms with Gasteiger partial charge in [-0.15, -0.1) is 0 Å². The van der Waals surface area contributed by atoms with Gasteiger partial charge >= 0.3 is 0 Å². The van der Waals surface area contributed by atoms with E-state index < -0.39 is 10.1 Å². The van der Waals surface area contributed by atoms with E-state index in [0.717, 1.165) is 27.7 Å². The van der Waals surface area contributed by atoms with Crippen molar-refractivity contribution in [2.75, 3.05) is 6.61 Å². The Morgan fingerprint density at radius 1 is 0.944 bits per heavy atom. The number of ether oxygens (including phenoxy) is 1. The lowest BCUT2D eigenvalue weighted by Crippen LogP contribution is -2.10. The molecule has 1 heterocycles. The molecule has 0 saturated carbocycles. The molecular weight excluding hydrogens is 517 g/mol. The fourth-order valence-corrected chi connectivity index (χ4v) is 5.46. The summed E-state index contributed by atoms with van der Waals surface area (Å²) in [5, 5.41) is 1.98. The molecule has 36 heavy (non-hydrogen) atoms. The second-order valence-corrected chi connectivity index (χ2v) is 11.2. The summed E-state index contributed by atoms with van der Waals surface area (Å²) in [5.74, 6) is 0.583. The predicted octanol–water partition coefficient (Wildman–Crippen LogP) is 7.64. The molecule has 3 aromatic carbocycles. The molecule has 0 spiro atoms. The molecule has 0 radical (unpaired) electrons. The first-order valence-electron chi connectivity index (χ1n) is 11.6. The SMILES string of the molecule is Cc1ccc(S(=O)(=O)OCCC(C)c2ccc(Cl)c(COc3cccc4ccc(C)nc34)c2Cl)cc1. The van der Waals surface area contributed by atoms with Gasteiger partial charge in [0.05, 0.1) is 16.5 Å². The van der Waals surface area contributed by atoms with Crippen LogP contribution in [-0.2, 0) is 20.9 Å². The lowest BCUT2D eigenvalue weighted by molar-refractivity contribution is 0.302. The van der Waals surface area contributed by atoms with Crippen LogP contribution in [0.15, 0.2) is 71.6 Å². The van der Waals surface area contributed by atoms with Gasteiger partial charge in [0, 0.05) is 21.7 Å². The molecule has 0 amide bonds. The Morgan fingerprint density at radius 3 is 2.44 bits per heavy atom.